The third kappa shape index (κ3) is 2.90. The number of hydrogen-bond acceptors (Lipinski definition) is 2. The molecule has 1 aromatic carbocycles. The van der Waals surface area contributed by atoms with Gasteiger partial charge < -0.3 is 10.1 Å². The number of benzene rings is 1. The molecule has 2 nitrogen and oxygen atoms in total. The van der Waals surface area contributed by atoms with Crippen LogP contribution in [-0.4, -0.2) is 19.3 Å². The van der Waals surface area contributed by atoms with Crippen molar-refractivity contribution >= 4 is 0 Å². The molecule has 1 atom stereocenters. The van der Waals surface area contributed by atoms with Crippen LogP contribution in [0.1, 0.15) is 44.2 Å². The Labute approximate surface area is 109 Å². The Bertz CT molecular complexity index is 367. The number of nitrogens with one attached hydrogen (secondary N) is 1. The number of hydrogen-bond donors (Lipinski definition) is 1. The normalized spacial score (nSPS) is 19.3. The Kier molecular flexibility index (Phi) is 4.36. The van der Waals surface area contributed by atoms with Gasteiger partial charge in [-0.25, -0.2) is 4.39 Å². The molecule has 0 aromatic heterocycles. The first-order chi connectivity index (χ1) is 8.69. The van der Waals surface area contributed by atoms with Crippen LogP contribution in [-0.2, 0) is 4.74 Å². The first kappa shape index (κ1) is 13.5. The fourth-order valence-electron chi connectivity index (χ4n) is 2.68. The van der Waals surface area contributed by atoms with Gasteiger partial charge in [-0.1, -0.05) is 19.1 Å². The molecule has 0 aliphatic heterocycles. The van der Waals surface area contributed by atoms with Gasteiger partial charge in [0, 0.05) is 13.2 Å². The van der Waals surface area contributed by atoms with E-state index in [4.69, 9.17) is 4.74 Å². The van der Waals surface area contributed by atoms with Crippen molar-refractivity contribution in [2.75, 3.05) is 13.7 Å². The van der Waals surface area contributed by atoms with E-state index in [9.17, 15) is 4.39 Å². The largest absolute Gasteiger partial charge is 0.378 e. The number of ether oxygens (including phenoxy) is 1. The van der Waals surface area contributed by atoms with Crippen molar-refractivity contribution in [1.82, 2.24) is 5.32 Å². The zero-order valence-electron chi connectivity index (χ0n) is 11.2. The van der Waals surface area contributed by atoms with E-state index in [0.717, 1.165) is 31.4 Å². The van der Waals surface area contributed by atoms with Crippen LogP contribution in [0.15, 0.2) is 24.3 Å². The SMILES string of the molecule is CCNC(CC1(OC)CCC1)c1ccc(F)cc1. The highest BCUT2D eigenvalue weighted by atomic mass is 19.1. The molecule has 0 saturated heterocycles. The van der Waals surface area contributed by atoms with Crippen molar-refractivity contribution < 1.29 is 9.13 Å². The van der Waals surface area contributed by atoms with Gasteiger partial charge in [0.25, 0.3) is 0 Å². The molecule has 1 saturated carbocycles. The van der Waals surface area contributed by atoms with Gasteiger partial charge in [0.2, 0.25) is 0 Å². The Morgan fingerprint density at radius 3 is 2.44 bits per heavy atom. The van der Waals surface area contributed by atoms with Gasteiger partial charge in [0.15, 0.2) is 0 Å². The van der Waals surface area contributed by atoms with E-state index < -0.39 is 0 Å². The summed E-state index contributed by atoms with van der Waals surface area (Å²) in [6, 6.07) is 7.03. The lowest BCUT2D eigenvalue weighted by molar-refractivity contribution is -0.0837. The molecule has 0 radical (unpaired) electrons. The third-order valence-corrected chi connectivity index (χ3v) is 4.00. The summed E-state index contributed by atoms with van der Waals surface area (Å²) in [4.78, 5) is 0. The average molecular weight is 251 g/mol. The van der Waals surface area contributed by atoms with E-state index in [1.165, 1.54) is 18.6 Å². The second kappa shape index (κ2) is 5.81. The summed E-state index contributed by atoms with van der Waals surface area (Å²) in [6.07, 6.45) is 4.47. The van der Waals surface area contributed by atoms with Gasteiger partial charge >= 0.3 is 0 Å². The maximum Gasteiger partial charge on any atom is 0.123 e. The minimum absolute atomic E-state index is 0.0290. The fourth-order valence-corrected chi connectivity index (χ4v) is 2.68. The van der Waals surface area contributed by atoms with Crippen LogP contribution >= 0.6 is 0 Å². The highest BCUT2D eigenvalue weighted by molar-refractivity contribution is 5.21. The van der Waals surface area contributed by atoms with Crippen LogP contribution in [0, 0.1) is 5.82 Å². The lowest BCUT2D eigenvalue weighted by Crippen LogP contribution is -2.42. The van der Waals surface area contributed by atoms with E-state index in [1.54, 1.807) is 7.11 Å². The van der Waals surface area contributed by atoms with Crippen LogP contribution in [0.2, 0.25) is 0 Å². The molecule has 0 heterocycles. The van der Waals surface area contributed by atoms with Gasteiger partial charge in [0.1, 0.15) is 5.82 Å². The summed E-state index contributed by atoms with van der Waals surface area (Å²) < 4.78 is 18.7. The van der Waals surface area contributed by atoms with Crippen molar-refractivity contribution in [3.8, 4) is 0 Å². The van der Waals surface area contributed by atoms with Gasteiger partial charge in [-0.05, 0) is 49.9 Å². The van der Waals surface area contributed by atoms with Crippen LogP contribution < -0.4 is 5.32 Å². The van der Waals surface area contributed by atoms with Crippen LogP contribution in [0.25, 0.3) is 0 Å². The monoisotopic (exact) mass is 251 g/mol. The Morgan fingerprint density at radius 1 is 1.33 bits per heavy atom. The molecule has 1 N–H and O–H groups in total. The fraction of sp³-hybridized carbons (Fsp3) is 0.600. The lowest BCUT2D eigenvalue weighted by atomic mass is 9.74. The van der Waals surface area contributed by atoms with E-state index >= 15 is 0 Å². The van der Waals surface area contributed by atoms with Crippen molar-refractivity contribution in [3.63, 3.8) is 0 Å². The van der Waals surface area contributed by atoms with Crippen molar-refractivity contribution in [2.45, 2.75) is 44.2 Å². The van der Waals surface area contributed by atoms with E-state index in [0.29, 0.717) is 0 Å². The maximum atomic E-state index is 13.0. The zero-order chi connectivity index (χ0) is 13.0. The second-order valence-electron chi connectivity index (χ2n) is 5.11. The van der Waals surface area contributed by atoms with E-state index in [1.807, 2.05) is 12.1 Å². The molecule has 0 spiro atoms. The van der Waals surface area contributed by atoms with E-state index in [2.05, 4.69) is 12.2 Å². The van der Waals surface area contributed by atoms with Crippen LogP contribution in [0.3, 0.4) is 0 Å². The minimum atomic E-state index is -0.181. The molecule has 3 heteroatoms. The van der Waals surface area contributed by atoms with Crippen molar-refractivity contribution in [1.29, 1.82) is 0 Å². The number of methoxy groups -OCH3 is 1. The molecule has 0 bridgehead atoms. The highest BCUT2D eigenvalue weighted by Crippen LogP contribution is 2.41. The smallest absolute Gasteiger partial charge is 0.123 e. The number of halogens is 1. The summed E-state index contributed by atoms with van der Waals surface area (Å²) in [5, 5.41) is 3.47. The lowest BCUT2D eigenvalue weighted by Gasteiger charge is -2.43. The summed E-state index contributed by atoms with van der Waals surface area (Å²) in [6.45, 7) is 3.00. The number of rotatable bonds is 6. The molecule has 1 fully saturated rings. The second-order valence-corrected chi connectivity index (χ2v) is 5.11. The Morgan fingerprint density at radius 2 is 2.00 bits per heavy atom. The molecule has 1 aromatic rings. The predicted octanol–water partition coefficient (Wildman–Crippen LogP) is 3.44. The minimum Gasteiger partial charge on any atom is -0.378 e. The summed E-state index contributed by atoms with van der Waals surface area (Å²) in [5.41, 5.74) is 1.17. The van der Waals surface area contributed by atoms with E-state index in [-0.39, 0.29) is 17.5 Å². The molecule has 1 aliphatic carbocycles. The van der Waals surface area contributed by atoms with Crippen LogP contribution in [0.4, 0.5) is 4.39 Å². The highest BCUT2D eigenvalue weighted by Gasteiger charge is 2.39. The molecule has 2 rings (SSSR count). The predicted molar refractivity (Wildman–Crippen MR) is 71.0 cm³/mol. The first-order valence-corrected chi connectivity index (χ1v) is 6.73. The van der Waals surface area contributed by atoms with Crippen molar-refractivity contribution in [2.24, 2.45) is 0 Å². The molecular formula is C15H22FNO. The van der Waals surface area contributed by atoms with Gasteiger partial charge in [-0.2, -0.15) is 0 Å². The van der Waals surface area contributed by atoms with Gasteiger partial charge in [0.05, 0.1) is 5.60 Å². The molecular weight excluding hydrogens is 229 g/mol. The summed E-state index contributed by atoms with van der Waals surface area (Å²) in [7, 11) is 1.80. The molecule has 1 unspecified atom stereocenters. The topological polar surface area (TPSA) is 21.3 Å². The average Bonchev–Trinajstić information content (AvgIpc) is 2.33. The zero-order valence-corrected chi connectivity index (χ0v) is 11.2. The molecule has 18 heavy (non-hydrogen) atoms. The Hall–Kier alpha value is -0.930. The first-order valence-electron chi connectivity index (χ1n) is 6.73. The Balaban J connectivity index is 2.10. The standard InChI is InChI=1S/C15H22FNO/c1-3-17-14(11-15(18-2)9-4-10-15)12-5-7-13(16)8-6-12/h5-8,14,17H,3-4,9-11H2,1-2H3. The molecule has 0 amide bonds. The molecule has 100 valence electrons. The summed E-state index contributed by atoms with van der Waals surface area (Å²) >= 11 is 0. The quantitative estimate of drug-likeness (QED) is 0.836. The summed E-state index contributed by atoms with van der Waals surface area (Å²) in [5.74, 6) is -0.181. The molecule has 1 aliphatic rings. The maximum absolute atomic E-state index is 13.0. The van der Waals surface area contributed by atoms with Gasteiger partial charge in [-0.3, -0.25) is 0 Å². The third-order valence-electron chi connectivity index (χ3n) is 4.00. The van der Waals surface area contributed by atoms with Gasteiger partial charge in [-0.15, -0.1) is 0 Å². The van der Waals surface area contributed by atoms with Crippen LogP contribution in [0.5, 0.6) is 0 Å². The van der Waals surface area contributed by atoms with Crippen molar-refractivity contribution in [3.05, 3.63) is 35.6 Å².